The number of ether oxygens (including phenoxy) is 1. The van der Waals surface area contributed by atoms with Crippen molar-refractivity contribution in [3.05, 3.63) is 16.4 Å². The van der Waals surface area contributed by atoms with E-state index in [1.807, 2.05) is 0 Å². The van der Waals surface area contributed by atoms with Gasteiger partial charge in [-0.3, -0.25) is 4.79 Å². The minimum atomic E-state index is -0.175. The van der Waals surface area contributed by atoms with E-state index in [4.69, 9.17) is 27.9 Å². The molecule has 0 radical (unpaired) electrons. The van der Waals surface area contributed by atoms with Crippen LogP contribution in [-0.2, 0) is 9.53 Å². The molecule has 0 aliphatic rings. The van der Waals surface area contributed by atoms with Gasteiger partial charge in [0.1, 0.15) is 0 Å². The van der Waals surface area contributed by atoms with Crippen molar-refractivity contribution in [1.29, 1.82) is 0 Å². The molecule has 1 amide bonds. The standard InChI is InChI=1S/C9H12Cl2N4O2/c1-17-3-2-12-8(16)5-13-6-4-7(10)14-15-9(6)11/h4H,2-3,5H2,1H3,(H,12,16)(H,13,14). The summed E-state index contributed by atoms with van der Waals surface area (Å²) in [6.45, 7) is 1.00. The third-order valence-electron chi connectivity index (χ3n) is 1.79. The van der Waals surface area contributed by atoms with E-state index in [1.165, 1.54) is 6.07 Å². The number of nitrogens with zero attached hydrogens (tertiary/aromatic N) is 2. The second kappa shape index (κ2) is 7.26. The van der Waals surface area contributed by atoms with Crippen LogP contribution >= 0.6 is 23.2 Å². The molecule has 0 aliphatic carbocycles. The zero-order chi connectivity index (χ0) is 12.7. The summed E-state index contributed by atoms with van der Waals surface area (Å²) in [4.78, 5) is 11.3. The van der Waals surface area contributed by atoms with Crippen LogP contribution < -0.4 is 10.6 Å². The highest BCUT2D eigenvalue weighted by molar-refractivity contribution is 6.33. The lowest BCUT2D eigenvalue weighted by Gasteiger charge is -2.08. The summed E-state index contributed by atoms with van der Waals surface area (Å²) in [6, 6.07) is 1.50. The summed E-state index contributed by atoms with van der Waals surface area (Å²) in [5.74, 6) is -0.175. The van der Waals surface area contributed by atoms with Gasteiger partial charge in [-0.15, -0.1) is 10.2 Å². The number of aromatic nitrogens is 2. The number of nitrogens with one attached hydrogen (secondary N) is 2. The molecule has 1 aromatic heterocycles. The quantitative estimate of drug-likeness (QED) is 0.758. The summed E-state index contributed by atoms with van der Waals surface area (Å²) in [7, 11) is 1.56. The second-order valence-corrected chi connectivity index (χ2v) is 3.81. The lowest BCUT2D eigenvalue weighted by atomic mass is 10.4. The topological polar surface area (TPSA) is 76.1 Å². The van der Waals surface area contributed by atoms with Gasteiger partial charge in [0.2, 0.25) is 5.91 Å². The summed E-state index contributed by atoms with van der Waals surface area (Å²) in [6.07, 6.45) is 0. The van der Waals surface area contributed by atoms with E-state index in [9.17, 15) is 4.79 Å². The monoisotopic (exact) mass is 278 g/mol. The number of anilines is 1. The zero-order valence-electron chi connectivity index (χ0n) is 9.17. The number of rotatable bonds is 6. The molecular formula is C9H12Cl2N4O2. The van der Waals surface area contributed by atoms with Gasteiger partial charge in [-0.25, -0.2) is 0 Å². The molecule has 0 fully saturated rings. The molecule has 0 saturated carbocycles. The minimum absolute atomic E-state index is 0.0749. The van der Waals surface area contributed by atoms with Gasteiger partial charge in [-0.2, -0.15) is 0 Å². The van der Waals surface area contributed by atoms with E-state index in [2.05, 4.69) is 20.8 Å². The first-order chi connectivity index (χ1) is 8.13. The molecule has 17 heavy (non-hydrogen) atoms. The molecular weight excluding hydrogens is 267 g/mol. The molecule has 0 saturated heterocycles. The Kier molecular flexibility index (Phi) is 5.96. The Morgan fingerprint density at radius 3 is 2.94 bits per heavy atom. The number of amides is 1. The molecule has 1 rings (SSSR count). The Morgan fingerprint density at radius 1 is 1.47 bits per heavy atom. The molecule has 8 heteroatoms. The van der Waals surface area contributed by atoms with Crippen molar-refractivity contribution in [2.75, 3.05) is 32.1 Å². The van der Waals surface area contributed by atoms with Gasteiger partial charge in [0.15, 0.2) is 10.3 Å². The zero-order valence-corrected chi connectivity index (χ0v) is 10.7. The molecule has 0 spiro atoms. The van der Waals surface area contributed by atoms with Gasteiger partial charge >= 0.3 is 0 Å². The molecule has 0 aromatic carbocycles. The summed E-state index contributed by atoms with van der Waals surface area (Å²) in [5.41, 5.74) is 0.466. The highest BCUT2D eigenvalue weighted by Gasteiger charge is 2.06. The Labute approximate surface area is 109 Å². The summed E-state index contributed by atoms with van der Waals surface area (Å²) in [5, 5.41) is 13.0. The minimum Gasteiger partial charge on any atom is -0.383 e. The lowest BCUT2D eigenvalue weighted by molar-refractivity contribution is -0.119. The largest absolute Gasteiger partial charge is 0.383 e. The molecule has 6 nitrogen and oxygen atoms in total. The maximum absolute atomic E-state index is 11.3. The van der Waals surface area contributed by atoms with Crippen molar-refractivity contribution in [3.63, 3.8) is 0 Å². The normalized spacial score (nSPS) is 10.1. The van der Waals surface area contributed by atoms with Gasteiger partial charge < -0.3 is 15.4 Å². The van der Waals surface area contributed by atoms with Gasteiger partial charge in [-0.1, -0.05) is 23.2 Å². The lowest BCUT2D eigenvalue weighted by Crippen LogP contribution is -2.32. The van der Waals surface area contributed by atoms with Crippen molar-refractivity contribution in [2.24, 2.45) is 0 Å². The average molecular weight is 279 g/mol. The Hall–Kier alpha value is -1.11. The van der Waals surface area contributed by atoms with Crippen LogP contribution in [0, 0.1) is 0 Å². The summed E-state index contributed by atoms with van der Waals surface area (Å²) < 4.78 is 4.80. The molecule has 1 aromatic rings. The third kappa shape index (κ3) is 5.16. The van der Waals surface area contributed by atoms with Gasteiger partial charge in [-0.05, 0) is 0 Å². The maximum atomic E-state index is 11.3. The van der Waals surface area contributed by atoms with Crippen LogP contribution in [0.4, 0.5) is 5.69 Å². The number of carbonyl (C=O) groups excluding carboxylic acids is 1. The van der Waals surface area contributed by atoms with Crippen LogP contribution in [0.2, 0.25) is 10.3 Å². The van der Waals surface area contributed by atoms with E-state index >= 15 is 0 Å². The first kappa shape index (κ1) is 14.0. The number of hydrogen-bond acceptors (Lipinski definition) is 5. The van der Waals surface area contributed by atoms with Crippen molar-refractivity contribution < 1.29 is 9.53 Å². The van der Waals surface area contributed by atoms with Crippen molar-refractivity contribution in [3.8, 4) is 0 Å². The first-order valence-corrected chi connectivity index (χ1v) is 5.57. The highest BCUT2D eigenvalue weighted by Crippen LogP contribution is 2.20. The van der Waals surface area contributed by atoms with Gasteiger partial charge in [0.05, 0.1) is 18.8 Å². The fraction of sp³-hybridized carbons (Fsp3) is 0.444. The first-order valence-electron chi connectivity index (χ1n) is 4.81. The molecule has 1 heterocycles. The van der Waals surface area contributed by atoms with E-state index < -0.39 is 0 Å². The van der Waals surface area contributed by atoms with Crippen molar-refractivity contribution in [1.82, 2.24) is 15.5 Å². The smallest absolute Gasteiger partial charge is 0.239 e. The van der Waals surface area contributed by atoms with Gasteiger partial charge in [0, 0.05) is 19.7 Å². The average Bonchev–Trinajstić information content (AvgIpc) is 2.31. The molecule has 2 N–H and O–H groups in total. The number of hydrogen-bond donors (Lipinski definition) is 2. The van der Waals surface area contributed by atoms with E-state index in [0.717, 1.165) is 0 Å². The van der Waals surface area contributed by atoms with Gasteiger partial charge in [0.25, 0.3) is 0 Å². The van der Waals surface area contributed by atoms with Crippen LogP contribution in [0.3, 0.4) is 0 Å². The fourth-order valence-electron chi connectivity index (χ4n) is 1.01. The van der Waals surface area contributed by atoms with Crippen LogP contribution in [0.25, 0.3) is 0 Å². The highest BCUT2D eigenvalue weighted by atomic mass is 35.5. The molecule has 0 unspecified atom stereocenters. The van der Waals surface area contributed by atoms with Crippen LogP contribution in [0.5, 0.6) is 0 Å². The van der Waals surface area contributed by atoms with Crippen LogP contribution in [0.15, 0.2) is 6.07 Å². The van der Waals surface area contributed by atoms with E-state index in [1.54, 1.807) is 7.11 Å². The Bertz CT molecular complexity index is 389. The third-order valence-corrected chi connectivity index (χ3v) is 2.25. The Morgan fingerprint density at radius 2 is 2.24 bits per heavy atom. The van der Waals surface area contributed by atoms with Crippen LogP contribution in [0.1, 0.15) is 0 Å². The van der Waals surface area contributed by atoms with Crippen molar-refractivity contribution >= 4 is 34.8 Å². The SMILES string of the molecule is COCCNC(=O)CNc1cc(Cl)nnc1Cl. The molecule has 0 bridgehead atoms. The Balaban J connectivity index is 2.39. The predicted octanol–water partition coefficient (Wildman–Crippen LogP) is 0.958. The van der Waals surface area contributed by atoms with E-state index in [-0.39, 0.29) is 22.8 Å². The molecule has 0 atom stereocenters. The predicted molar refractivity (Wildman–Crippen MR) is 65.4 cm³/mol. The van der Waals surface area contributed by atoms with E-state index in [0.29, 0.717) is 18.8 Å². The fourth-order valence-corrected chi connectivity index (χ4v) is 1.31. The second-order valence-electron chi connectivity index (χ2n) is 3.07. The van der Waals surface area contributed by atoms with Crippen LogP contribution in [-0.4, -0.2) is 42.9 Å². The molecule has 94 valence electrons. The van der Waals surface area contributed by atoms with Crippen molar-refractivity contribution in [2.45, 2.75) is 0 Å². The number of halogens is 2. The summed E-state index contributed by atoms with van der Waals surface area (Å²) >= 11 is 11.4. The number of carbonyl (C=O) groups is 1. The molecule has 0 aliphatic heterocycles. The number of methoxy groups -OCH3 is 1. The maximum Gasteiger partial charge on any atom is 0.239 e.